The third-order valence-corrected chi connectivity index (χ3v) is 3.68. The summed E-state index contributed by atoms with van der Waals surface area (Å²) < 4.78 is 0. The molecule has 24 heavy (non-hydrogen) atoms. The highest BCUT2D eigenvalue weighted by molar-refractivity contribution is 6.33. The second kappa shape index (κ2) is 7.93. The van der Waals surface area contributed by atoms with Crippen LogP contribution in [0.2, 0.25) is 5.02 Å². The van der Waals surface area contributed by atoms with Crippen LogP contribution in [0.4, 0.5) is 5.69 Å². The molecule has 5 N–H and O–H groups in total. The van der Waals surface area contributed by atoms with Crippen molar-refractivity contribution in [1.29, 1.82) is 0 Å². The van der Waals surface area contributed by atoms with Gasteiger partial charge >= 0.3 is 0 Å². The summed E-state index contributed by atoms with van der Waals surface area (Å²) in [4.78, 5) is 35.1. The molecule has 0 saturated heterocycles. The van der Waals surface area contributed by atoms with Crippen molar-refractivity contribution in [3.05, 3.63) is 46.8 Å². The smallest absolute Gasteiger partial charge is 0.204 e. The Bertz CT molecular complexity index is 717. The molecule has 0 amide bonds. The van der Waals surface area contributed by atoms with Gasteiger partial charge in [-0.2, -0.15) is 5.90 Å². The van der Waals surface area contributed by atoms with Gasteiger partial charge in [-0.25, -0.2) is 5.90 Å². The molecule has 128 valence electrons. The number of benzene rings is 1. The molecule has 0 bridgehead atoms. The van der Waals surface area contributed by atoms with Crippen molar-refractivity contribution >= 4 is 28.9 Å². The number of nitrogens with two attached hydrogens (primary N) is 2. The lowest BCUT2D eigenvalue weighted by Crippen LogP contribution is -2.31. The lowest BCUT2D eigenvalue weighted by molar-refractivity contribution is -0.116. The van der Waals surface area contributed by atoms with Gasteiger partial charge in [0, 0.05) is 31.8 Å². The first-order chi connectivity index (χ1) is 11.5. The van der Waals surface area contributed by atoms with Gasteiger partial charge in [-0.05, 0) is 12.1 Å². The first-order valence-electron chi connectivity index (χ1n) is 6.94. The molecule has 0 atom stereocenters. The topological polar surface area (TPSA) is 120 Å². The number of rotatable bonds is 7. The zero-order valence-electron chi connectivity index (χ0n) is 12.9. The third kappa shape index (κ3) is 4.12. The molecule has 0 aliphatic heterocycles. The summed E-state index contributed by atoms with van der Waals surface area (Å²) in [5, 5.41) is 3.14. The molecule has 1 aromatic rings. The molecule has 9 heteroatoms. The minimum atomic E-state index is -0.347. The van der Waals surface area contributed by atoms with Gasteiger partial charge in [-0.15, -0.1) is 0 Å². The molecule has 0 saturated carbocycles. The minimum absolute atomic E-state index is 0.121. The lowest BCUT2D eigenvalue weighted by atomic mass is 10.1. The number of likely N-dealkylation sites (N-methyl/N-ethyl adjacent to an activating group) is 1. The molecule has 1 aliphatic carbocycles. The van der Waals surface area contributed by atoms with E-state index in [0.717, 1.165) is 0 Å². The normalized spacial score (nSPS) is 14.2. The van der Waals surface area contributed by atoms with Crippen molar-refractivity contribution in [3.8, 4) is 5.75 Å². The highest BCUT2D eigenvalue weighted by Crippen LogP contribution is 2.28. The summed E-state index contributed by atoms with van der Waals surface area (Å²) in [5.41, 5.74) is 0.836. The van der Waals surface area contributed by atoms with Crippen LogP contribution >= 0.6 is 11.6 Å². The fraction of sp³-hybridized carbons (Fsp3) is 0.200. The van der Waals surface area contributed by atoms with Crippen molar-refractivity contribution in [2.24, 2.45) is 11.8 Å². The van der Waals surface area contributed by atoms with E-state index in [1.807, 2.05) is 0 Å². The lowest BCUT2D eigenvalue weighted by Gasteiger charge is -2.23. The quantitative estimate of drug-likeness (QED) is 0.485. The van der Waals surface area contributed by atoms with Crippen LogP contribution in [-0.4, -0.2) is 36.7 Å². The van der Waals surface area contributed by atoms with E-state index in [0.29, 0.717) is 23.0 Å². The molecule has 1 aliphatic rings. The Morgan fingerprint density at radius 3 is 2.58 bits per heavy atom. The molecule has 0 heterocycles. The number of carbonyl (C=O) groups excluding carboxylic acids is 2. The first kappa shape index (κ1) is 18.0. The number of anilines is 1. The molecule has 0 radical (unpaired) electrons. The van der Waals surface area contributed by atoms with Gasteiger partial charge in [-0.1, -0.05) is 11.6 Å². The number of ketones is 2. The number of halogens is 1. The largest absolute Gasteiger partial charge is 0.411 e. The van der Waals surface area contributed by atoms with Crippen LogP contribution in [0.15, 0.2) is 41.7 Å². The Hall–Kier alpha value is -2.39. The molecular formula is C15H17ClN4O4. The second-order valence-corrected chi connectivity index (χ2v) is 5.40. The molecular weight excluding hydrogens is 336 g/mol. The van der Waals surface area contributed by atoms with E-state index < -0.39 is 0 Å². The molecule has 8 nitrogen and oxygen atoms in total. The monoisotopic (exact) mass is 352 g/mol. The van der Waals surface area contributed by atoms with Crippen molar-refractivity contribution in [2.45, 2.75) is 0 Å². The number of nitrogens with zero attached hydrogens (tertiary/aromatic N) is 1. The Kier molecular flexibility index (Phi) is 5.93. The third-order valence-electron chi connectivity index (χ3n) is 3.36. The summed E-state index contributed by atoms with van der Waals surface area (Å²) in [7, 11) is 1.67. The van der Waals surface area contributed by atoms with E-state index in [4.69, 9.17) is 23.4 Å². The van der Waals surface area contributed by atoms with Gasteiger partial charge in [0.15, 0.2) is 0 Å². The Labute approximate surface area is 143 Å². The molecule has 1 aromatic carbocycles. The number of carbonyl (C=O) groups is 2. The zero-order valence-corrected chi connectivity index (χ0v) is 13.7. The molecule has 0 spiro atoms. The average Bonchev–Trinajstić information content (AvgIpc) is 2.57. The number of hydrogen-bond donors (Lipinski definition) is 3. The number of hydrogen-bond acceptors (Lipinski definition) is 8. The molecule has 2 rings (SSSR count). The summed E-state index contributed by atoms with van der Waals surface area (Å²) in [6.07, 6.45) is 2.48. The van der Waals surface area contributed by atoms with Gasteiger partial charge < -0.3 is 19.9 Å². The summed E-state index contributed by atoms with van der Waals surface area (Å²) >= 11 is 6.08. The number of nitrogens with one attached hydrogen (secondary N) is 1. The molecule has 0 unspecified atom stereocenters. The Balaban J connectivity index is 2.14. The summed E-state index contributed by atoms with van der Waals surface area (Å²) in [5.74, 6) is 9.73. The van der Waals surface area contributed by atoms with Gasteiger partial charge in [-0.3, -0.25) is 9.59 Å². The predicted molar refractivity (Wildman–Crippen MR) is 88.8 cm³/mol. The van der Waals surface area contributed by atoms with Gasteiger partial charge in [0.2, 0.25) is 11.6 Å². The van der Waals surface area contributed by atoms with E-state index in [2.05, 4.69) is 15.0 Å². The first-order valence-corrected chi connectivity index (χ1v) is 7.32. The van der Waals surface area contributed by atoms with Crippen LogP contribution in [0.5, 0.6) is 5.75 Å². The maximum Gasteiger partial charge on any atom is 0.204 e. The highest BCUT2D eigenvalue weighted by Gasteiger charge is 2.23. The minimum Gasteiger partial charge on any atom is -0.411 e. The maximum absolute atomic E-state index is 12.2. The van der Waals surface area contributed by atoms with E-state index >= 15 is 0 Å². The van der Waals surface area contributed by atoms with E-state index in [1.54, 1.807) is 24.1 Å². The summed E-state index contributed by atoms with van der Waals surface area (Å²) in [6, 6.07) is 4.65. The van der Waals surface area contributed by atoms with Crippen LogP contribution in [-0.2, 0) is 14.4 Å². The van der Waals surface area contributed by atoms with Crippen molar-refractivity contribution in [2.75, 3.05) is 25.5 Å². The highest BCUT2D eigenvalue weighted by atomic mass is 35.5. The Morgan fingerprint density at radius 1 is 1.21 bits per heavy atom. The van der Waals surface area contributed by atoms with Gasteiger partial charge in [0.1, 0.15) is 5.75 Å². The van der Waals surface area contributed by atoms with E-state index in [9.17, 15) is 9.59 Å². The second-order valence-electron chi connectivity index (χ2n) is 4.99. The zero-order chi connectivity index (χ0) is 17.7. The molecule has 0 fully saturated rings. The van der Waals surface area contributed by atoms with Crippen LogP contribution in [0, 0.1) is 0 Å². The van der Waals surface area contributed by atoms with Crippen molar-refractivity contribution < 1.29 is 19.3 Å². The fourth-order valence-electron chi connectivity index (χ4n) is 2.07. The fourth-order valence-corrected chi connectivity index (χ4v) is 2.29. The van der Waals surface area contributed by atoms with Gasteiger partial charge in [0.25, 0.3) is 0 Å². The van der Waals surface area contributed by atoms with Crippen LogP contribution in [0.3, 0.4) is 0 Å². The maximum atomic E-state index is 12.2. The SMILES string of the molecule is CN(CCON)C1=CC(=O)C(Nc2ccc(ON)cc2Cl)=CC1=O. The standard InChI is InChI=1S/C15H17ClN4O4/c1-20(4-5-23-17)13-8-14(21)12(7-15(13)22)19-11-3-2-9(24-18)6-10(11)16/h2-3,6-8,19H,4-5,17-18H2,1H3. The van der Waals surface area contributed by atoms with Crippen LogP contribution in [0.1, 0.15) is 0 Å². The predicted octanol–water partition coefficient (Wildman–Crippen LogP) is 0.746. The van der Waals surface area contributed by atoms with Crippen LogP contribution in [0.25, 0.3) is 0 Å². The van der Waals surface area contributed by atoms with Crippen LogP contribution < -0.4 is 21.9 Å². The average molecular weight is 353 g/mol. The Morgan fingerprint density at radius 2 is 1.96 bits per heavy atom. The molecule has 0 aromatic heterocycles. The van der Waals surface area contributed by atoms with Crippen molar-refractivity contribution in [1.82, 2.24) is 4.90 Å². The van der Waals surface area contributed by atoms with E-state index in [1.165, 1.54) is 18.2 Å². The van der Waals surface area contributed by atoms with E-state index in [-0.39, 0.29) is 29.6 Å². The van der Waals surface area contributed by atoms with Crippen molar-refractivity contribution in [3.63, 3.8) is 0 Å². The number of allylic oxidation sites excluding steroid dienone is 2. The van der Waals surface area contributed by atoms with Gasteiger partial charge in [0.05, 0.1) is 28.7 Å². The summed E-state index contributed by atoms with van der Waals surface area (Å²) in [6.45, 7) is 0.611.